The summed E-state index contributed by atoms with van der Waals surface area (Å²) in [5.74, 6) is -1.54. The van der Waals surface area contributed by atoms with Crippen LogP contribution in [0.2, 0.25) is 0 Å². The van der Waals surface area contributed by atoms with Gasteiger partial charge in [-0.25, -0.2) is 0 Å². The minimum Gasteiger partial charge on any atom is -0.327 e. The topological polar surface area (TPSA) is 55.1 Å². The zero-order valence-corrected chi connectivity index (χ0v) is 11.6. The molecular weight excluding hydrogens is 314 g/mol. The predicted octanol–water partition coefficient (Wildman–Crippen LogP) is 3.65. The molecule has 22 heavy (non-hydrogen) atoms. The molecule has 0 aliphatic heterocycles. The van der Waals surface area contributed by atoms with Gasteiger partial charge in [0, 0.05) is 11.7 Å². The number of nitrogens with one attached hydrogen (secondary N) is 1. The number of hydrogen-bond acceptors (Lipinski definition) is 2. The van der Waals surface area contributed by atoms with Crippen molar-refractivity contribution in [1.29, 1.82) is 0 Å². The van der Waals surface area contributed by atoms with Gasteiger partial charge >= 0.3 is 12.4 Å². The number of alkyl halides is 6. The molecule has 0 spiro atoms. The molecule has 1 aromatic rings. The Morgan fingerprint density at radius 1 is 1.00 bits per heavy atom. The van der Waals surface area contributed by atoms with Crippen molar-refractivity contribution < 1.29 is 31.1 Å². The number of benzene rings is 1. The molecule has 2 atom stereocenters. The molecule has 0 bridgehead atoms. The lowest BCUT2D eigenvalue weighted by atomic mass is 10.0. The third-order valence-electron chi connectivity index (χ3n) is 3.06. The summed E-state index contributed by atoms with van der Waals surface area (Å²) in [5.41, 5.74) is 1.90. The smallest absolute Gasteiger partial charge is 0.327 e. The number of carbonyl (C=O) groups is 1. The van der Waals surface area contributed by atoms with E-state index >= 15 is 0 Å². The van der Waals surface area contributed by atoms with Crippen molar-refractivity contribution in [2.75, 3.05) is 5.32 Å². The van der Waals surface area contributed by atoms with E-state index < -0.39 is 47.0 Å². The summed E-state index contributed by atoms with van der Waals surface area (Å²) < 4.78 is 76.0. The van der Waals surface area contributed by atoms with Gasteiger partial charge in [0.05, 0.1) is 17.0 Å². The summed E-state index contributed by atoms with van der Waals surface area (Å²) in [7, 11) is 0. The quantitative estimate of drug-likeness (QED) is 0.832. The van der Waals surface area contributed by atoms with Crippen molar-refractivity contribution in [2.24, 2.45) is 11.7 Å². The molecule has 0 fully saturated rings. The Balaban J connectivity index is 3.22. The number of nitrogens with two attached hydrogens (primary N) is 1. The molecule has 0 aliphatic rings. The lowest BCUT2D eigenvalue weighted by Crippen LogP contribution is -2.34. The molecule has 0 aromatic heterocycles. The Hall–Kier alpha value is -1.77. The summed E-state index contributed by atoms with van der Waals surface area (Å²) in [6.07, 6.45) is -9.93. The fraction of sp³-hybridized carbons (Fsp3) is 0.462. The van der Waals surface area contributed by atoms with E-state index in [9.17, 15) is 31.1 Å². The molecule has 0 radical (unpaired) electrons. The summed E-state index contributed by atoms with van der Waals surface area (Å²) in [4.78, 5) is 11.7. The molecule has 2 unspecified atom stereocenters. The summed E-state index contributed by atoms with van der Waals surface area (Å²) in [6.45, 7) is 2.91. The lowest BCUT2D eigenvalue weighted by Gasteiger charge is -2.18. The fourth-order valence-electron chi connectivity index (χ4n) is 1.52. The van der Waals surface area contributed by atoms with Crippen molar-refractivity contribution in [2.45, 2.75) is 32.2 Å². The monoisotopic (exact) mass is 328 g/mol. The molecule has 1 amide bonds. The van der Waals surface area contributed by atoms with Crippen molar-refractivity contribution in [3.8, 4) is 0 Å². The van der Waals surface area contributed by atoms with E-state index in [4.69, 9.17) is 5.73 Å². The second-order valence-corrected chi connectivity index (χ2v) is 4.93. The van der Waals surface area contributed by atoms with E-state index in [1.54, 1.807) is 0 Å². The van der Waals surface area contributed by atoms with Gasteiger partial charge in [-0.1, -0.05) is 6.92 Å². The number of amides is 1. The first-order valence-corrected chi connectivity index (χ1v) is 6.18. The predicted molar refractivity (Wildman–Crippen MR) is 67.9 cm³/mol. The second-order valence-electron chi connectivity index (χ2n) is 4.93. The van der Waals surface area contributed by atoms with Gasteiger partial charge in [-0.2, -0.15) is 26.3 Å². The second kappa shape index (κ2) is 6.15. The Morgan fingerprint density at radius 3 is 1.73 bits per heavy atom. The molecule has 1 aromatic carbocycles. The third-order valence-corrected chi connectivity index (χ3v) is 3.06. The van der Waals surface area contributed by atoms with Gasteiger partial charge in [0.15, 0.2) is 0 Å². The minimum absolute atomic E-state index is 0.00928. The van der Waals surface area contributed by atoms with Crippen LogP contribution in [0.1, 0.15) is 25.0 Å². The Bertz CT molecular complexity index is 518. The highest BCUT2D eigenvalue weighted by Gasteiger charge is 2.37. The van der Waals surface area contributed by atoms with Gasteiger partial charge in [0.1, 0.15) is 0 Å². The largest absolute Gasteiger partial charge is 0.416 e. The minimum atomic E-state index is -4.96. The number of anilines is 1. The van der Waals surface area contributed by atoms with E-state index in [1.165, 1.54) is 13.8 Å². The number of hydrogen-bond donors (Lipinski definition) is 2. The number of rotatable bonds is 3. The molecule has 9 heteroatoms. The third kappa shape index (κ3) is 4.62. The number of carbonyl (C=O) groups excluding carboxylic acids is 1. The normalized spacial score (nSPS) is 15.3. The van der Waals surface area contributed by atoms with Crippen LogP contribution in [0.4, 0.5) is 32.0 Å². The van der Waals surface area contributed by atoms with E-state index in [0.717, 1.165) is 0 Å². The van der Waals surface area contributed by atoms with E-state index in [1.807, 2.05) is 5.32 Å². The van der Waals surface area contributed by atoms with Crippen LogP contribution >= 0.6 is 0 Å². The Kier molecular flexibility index (Phi) is 5.11. The van der Waals surface area contributed by atoms with Gasteiger partial charge in [-0.15, -0.1) is 0 Å². The van der Waals surface area contributed by atoms with Crippen LogP contribution in [0.5, 0.6) is 0 Å². The van der Waals surface area contributed by atoms with Gasteiger partial charge in [-0.3, -0.25) is 4.79 Å². The maximum Gasteiger partial charge on any atom is 0.416 e. The van der Waals surface area contributed by atoms with Crippen LogP contribution < -0.4 is 11.1 Å². The first-order valence-electron chi connectivity index (χ1n) is 6.18. The fourth-order valence-corrected chi connectivity index (χ4v) is 1.52. The highest BCUT2D eigenvalue weighted by molar-refractivity contribution is 5.93. The SMILES string of the molecule is CC(N)C(C)C(=O)Nc1cc(C(F)(F)F)cc(C(F)(F)F)c1. The van der Waals surface area contributed by atoms with E-state index in [-0.39, 0.29) is 6.07 Å². The van der Waals surface area contributed by atoms with Crippen LogP contribution in [0.15, 0.2) is 18.2 Å². The molecule has 0 saturated carbocycles. The van der Waals surface area contributed by atoms with Crippen molar-refractivity contribution in [3.05, 3.63) is 29.3 Å². The van der Waals surface area contributed by atoms with Crippen LogP contribution in [0.3, 0.4) is 0 Å². The van der Waals surface area contributed by atoms with E-state index in [2.05, 4.69) is 0 Å². The highest BCUT2D eigenvalue weighted by atomic mass is 19.4. The molecular formula is C13H14F6N2O. The van der Waals surface area contributed by atoms with Crippen LogP contribution in [0.25, 0.3) is 0 Å². The molecule has 124 valence electrons. The van der Waals surface area contributed by atoms with Crippen molar-refractivity contribution in [1.82, 2.24) is 0 Å². The van der Waals surface area contributed by atoms with Gasteiger partial charge in [0.2, 0.25) is 5.91 Å². The van der Waals surface area contributed by atoms with Gasteiger partial charge < -0.3 is 11.1 Å². The molecule has 3 nitrogen and oxygen atoms in total. The van der Waals surface area contributed by atoms with Crippen molar-refractivity contribution in [3.63, 3.8) is 0 Å². The average molecular weight is 328 g/mol. The molecule has 1 rings (SSSR count). The van der Waals surface area contributed by atoms with Crippen LogP contribution in [-0.2, 0) is 17.1 Å². The first kappa shape index (κ1) is 18.3. The zero-order valence-electron chi connectivity index (χ0n) is 11.6. The van der Waals surface area contributed by atoms with Gasteiger partial charge in [-0.05, 0) is 25.1 Å². The zero-order chi connectivity index (χ0) is 17.3. The molecule has 0 heterocycles. The Morgan fingerprint density at radius 2 is 1.41 bits per heavy atom. The number of halogens is 6. The molecule has 0 saturated heterocycles. The molecule has 0 aliphatic carbocycles. The maximum atomic E-state index is 12.7. The first-order chi connectivity index (χ1) is 9.82. The molecule has 3 N–H and O–H groups in total. The average Bonchev–Trinajstić information content (AvgIpc) is 2.35. The van der Waals surface area contributed by atoms with E-state index in [0.29, 0.717) is 12.1 Å². The van der Waals surface area contributed by atoms with Crippen molar-refractivity contribution >= 4 is 11.6 Å². The highest BCUT2D eigenvalue weighted by Crippen LogP contribution is 2.37. The Labute approximate surface area is 122 Å². The van der Waals surface area contributed by atoms with Gasteiger partial charge in [0.25, 0.3) is 0 Å². The lowest BCUT2D eigenvalue weighted by molar-refractivity contribution is -0.143. The van der Waals surface area contributed by atoms with Crippen LogP contribution in [-0.4, -0.2) is 11.9 Å². The summed E-state index contributed by atoms with van der Waals surface area (Å²) in [5, 5.41) is 2.03. The summed E-state index contributed by atoms with van der Waals surface area (Å²) >= 11 is 0. The standard InChI is InChI=1S/C13H14F6N2O/c1-6(7(2)20)11(22)21-10-4-8(12(14,15)16)3-9(5-10)13(17,18)19/h3-7H,20H2,1-2H3,(H,21,22). The van der Waals surface area contributed by atoms with Crippen LogP contribution in [0, 0.1) is 5.92 Å². The maximum absolute atomic E-state index is 12.7. The summed E-state index contributed by atoms with van der Waals surface area (Å²) in [6, 6.07) is 0.278.